The zero-order chi connectivity index (χ0) is 14.5. The molecule has 20 heavy (non-hydrogen) atoms. The molecule has 0 radical (unpaired) electrons. The maximum Gasteiger partial charge on any atom is 0.339 e. The average Bonchev–Trinajstić information content (AvgIpc) is 2.46. The van der Waals surface area contributed by atoms with Crippen LogP contribution in [0.25, 0.3) is 0 Å². The number of anilines is 1. The summed E-state index contributed by atoms with van der Waals surface area (Å²) in [6.07, 6.45) is 0. The summed E-state index contributed by atoms with van der Waals surface area (Å²) in [5.41, 5.74) is 1.75. The van der Waals surface area contributed by atoms with E-state index in [1.165, 1.54) is 25.3 Å². The molecule has 2 aromatic rings. The molecule has 0 saturated heterocycles. The van der Waals surface area contributed by atoms with Crippen LogP contribution in [0.2, 0.25) is 0 Å². The number of carbonyl (C=O) groups is 1. The summed E-state index contributed by atoms with van der Waals surface area (Å²) in [7, 11) is 1.30. The second-order valence-electron chi connectivity index (χ2n) is 4.16. The number of benzene rings is 2. The van der Waals surface area contributed by atoms with Crippen molar-refractivity contribution in [3.63, 3.8) is 0 Å². The summed E-state index contributed by atoms with van der Waals surface area (Å²) in [5, 5.41) is 3.05. The quantitative estimate of drug-likeness (QED) is 0.857. The molecule has 2 rings (SSSR count). The third-order valence-corrected chi connectivity index (χ3v) is 3.31. The number of esters is 1. The van der Waals surface area contributed by atoms with Gasteiger partial charge in [0.15, 0.2) is 0 Å². The van der Waals surface area contributed by atoms with Crippen molar-refractivity contribution < 1.29 is 13.9 Å². The number of nitrogens with one attached hydrogen (secondary N) is 1. The van der Waals surface area contributed by atoms with Crippen LogP contribution in [-0.2, 0) is 11.3 Å². The number of carbonyl (C=O) groups excluding carboxylic acids is 1. The first-order valence-corrected chi connectivity index (χ1v) is 6.75. The lowest BCUT2D eigenvalue weighted by Crippen LogP contribution is -2.08. The minimum Gasteiger partial charge on any atom is -0.465 e. The fourth-order valence-corrected chi connectivity index (χ4v) is 2.01. The van der Waals surface area contributed by atoms with Gasteiger partial charge in [-0.3, -0.25) is 0 Å². The van der Waals surface area contributed by atoms with E-state index in [1.807, 2.05) is 24.3 Å². The predicted molar refractivity (Wildman–Crippen MR) is 79.2 cm³/mol. The monoisotopic (exact) mass is 337 g/mol. The van der Waals surface area contributed by atoms with Crippen LogP contribution in [0, 0.1) is 5.82 Å². The Labute approximate surface area is 124 Å². The summed E-state index contributed by atoms with van der Waals surface area (Å²) < 4.78 is 19.0. The van der Waals surface area contributed by atoms with Gasteiger partial charge in [0, 0.05) is 11.0 Å². The summed E-state index contributed by atoms with van der Waals surface area (Å²) >= 11 is 3.36. The topological polar surface area (TPSA) is 38.3 Å². The highest BCUT2D eigenvalue weighted by Gasteiger charge is 2.12. The van der Waals surface area contributed by atoms with Gasteiger partial charge in [-0.1, -0.05) is 28.1 Å². The molecule has 0 heterocycles. The minimum absolute atomic E-state index is 0.311. The molecule has 0 aliphatic heterocycles. The number of ether oxygens (including phenoxy) is 1. The normalized spacial score (nSPS) is 10.2. The Balaban J connectivity index is 2.17. The van der Waals surface area contributed by atoms with Crippen molar-refractivity contribution in [1.29, 1.82) is 0 Å². The summed E-state index contributed by atoms with van der Waals surface area (Å²) in [6.45, 7) is 0.487. The number of methoxy groups -OCH3 is 1. The van der Waals surface area contributed by atoms with Crippen molar-refractivity contribution in [1.82, 2.24) is 0 Å². The van der Waals surface area contributed by atoms with Crippen LogP contribution in [-0.4, -0.2) is 13.1 Å². The van der Waals surface area contributed by atoms with E-state index in [1.54, 1.807) is 0 Å². The molecule has 0 aromatic heterocycles. The van der Waals surface area contributed by atoms with Gasteiger partial charge in [0.1, 0.15) is 5.82 Å². The van der Waals surface area contributed by atoms with Crippen LogP contribution < -0.4 is 5.32 Å². The van der Waals surface area contributed by atoms with E-state index in [-0.39, 0.29) is 0 Å². The molecule has 0 aliphatic carbocycles. The standard InChI is InChI=1S/C15H13BrFNO2/c1-20-15(19)13-7-6-12(17)8-14(13)18-9-10-2-4-11(16)5-3-10/h2-8,18H,9H2,1H3. The van der Waals surface area contributed by atoms with E-state index in [0.29, 0.717) is 17.8 Å². The summed E-state index contributed by atoms with van der Waals surface area (Å²) in [5.74, 6) is -0.903. The third-order valence-electron chi connectivity index (χ3n) is 2.78. The van der Waals surface area contributed by atoms with E-state index in [2.05, 4.69) is 26.0 Å². The van der Waals surface area contributed by atoms with Crippen molar-refractivity contribution in [2.45, 2.75) is 6.54 Å². The van der Waals surface area contributed by atoms with Crippen LogP contribution >= 0.6 is 15.9 Å². The van der Waals surface area contributed by atoms with Gasteiger partial charge < -0.3 is 10.1 Å². The average molecular weight is 338 g/mol. The van der Waals surface area contributed by atoms with Gasteiger partial charge in [0.2, 0.25) is 0 Å². The molecule has 0 atom stereocenters. The zero-order valence-electron chi connectivity index (χ0n) is 10.8. The smallest absolute Gasteiger partial charge is 0.339 e. The Bertz CT molecular complexity index is 614. The zero-order valence-corrected chi connectivity index (χ0v) is 12.4. The van der Waals surface area contributed by atoms with Gasteiger partial charge in [-0.05, 0) is 35.9 Å². The number of hydrogen-bond acceptors (Lipinski definition) is 3. The molecule has 0 amide bonds. The van der Waals surface area contributed by atoms with E-state index >= 15 is 0 Å². The van der Waals surface area contributed by atoms with Crippen molar-refractivity contribution in [2.75, 3.05) is 12.4 Å². The lowest BCUT2D eigenvalue weighted by atomic mass is 10.1. The second kappa shape index (κ2) is 6.52. The molecule has 2 aromatic carbocycles. The summed E-state index contributed by atoms with van der Waals surface area (Å²) in [4.78, 5) is 11.6. The third kappa shape index (κ3) is 3.57. The Morgan fingerprint density at radius 2 is 1.95 bits per heavy atom. The molecular weight excluding hydrogens is 325 g/mol. The van der Waals surface area contributed by atoms with E-state index in [0.717, 1.165) is 10.0 Å². The molecule has 1 N–H and O–H groups in total. The van der Waals surface area contributed by atoms with Gasteiger partial charge in [0.05, 0.1) is 18.4 Å². The molecule has 0 unspecified atom stereocenters. The van der Waals surface area contributed by atoms with Gasteiger partial charge in [-0.15, -0.1) is 0 Å². The molecule has 0 bridgehead atoms. The van der Waals surface area contributed by atoms with E-state index in [4.69, 9.17) is 0 Å². The van der Waals surface area contributed by atoms with Gasteiger partial charge in [-0.2, -0.15) is 0 Å². The fraction of sp³-hybridized carbons (Fsp3) is 0.133. The number of hydrogen-bond donors (Lipinski definition) is 1. The van der Waals surface area contributed by atoms with Crippen molar-refractivity contribution in [2.24, 2.45) is 0 Å². The van der Waals surface area contributed by atoms with Crippen molar-refractivity contribution >= 4 is 27.6 Å². The number of halogens is 2. The minimum atomic E-state index is -0.497. The molecule has 0 fully saturated rings. The first kappa shape index (κ1) is 14.5. The highest BCUT2D eigenvalue weighted by Crippen LogP contribution is 2.19. The molecule has 0 spiro atoms. The maximum absolute atomic E-state index is 13.3. The largest absolute Gasteiger partial charge is 0.465 e. The first-order valence-electron chi connectivity index (χ1n) is 5.96. The molecule has 0 aliphatic rings. The second-order valence-corrected chi connectivity index (χ2v) is 5.08. The first-order chi connectivity index (χ1) is 9.60. The molecule has 0 saturated carbocycles. The Morgan fingerprint density at radius 3 is 2.60 bits per heavy atom. The lowest BCUT2D eigenvalue weighted by Gasteiger charge is -2.11. The SMILES string of the molecule is COC(=O)c1ccc(F)cc1NCc1ccc(Br)cc1. The molecule has 104 valence electrons. The fourth-order valence-electron chi connectivity index (χ4n) is 1.75. The summed E-state index contributed by atoms with van der Waals surface area (Å²) in [6, 6.07) is 11.6. The highest BCUT2D eigenvalue weighted by molar-refractivity contribution is 9.10. The highest BCUT2D eigenvalue weighted by atomic mass is 79.9. The van der Waals surface area contributed by atoms with Gasteiger partial charge >= 0.3 is 5.97 Å². The molecule has 5 heteroatoms. The van der Waals surface area contributed by atoms with Gasteiger partial charge in [0.25, 0.3) is 0 Å². The molecule has 3 nitrogen and oxygen atoms in total. The van der Waals surface area contributed by atoms with Crippen LogP contribution in [0.1, 0.15) is 15.9 Å². The predicted octanol–water partition coefficient (Wildman–Crippen LogP) is 3.99. The van der Waals surface area contributed by atoms with Crippen molar-refractivity contribution in [3.8, 4) is 0 Å². The Morgan fingerprint density at radius 1 is 1.25 bits per heavy atom. The Hall–Kier alpha value is -1.88. The Kier molecular flexibility index (Phi) is 4.74. The van der Waals surface area contributed by atoms with Crippen LogP contribution in [0.5, 0.6) is 0 Å². The number of rotatable bonds is 4. The van der Waals surface area contributed by atoms with Crippen LogP contribution in [0.3, 0.4) is 0 Å². The van der Waals surface area contributed by atoms with Gasteiger partial charge in [-0.25, -0.2) is 9.18 Å². The van der Waals surface area contributed by atoms with E-state index < -0.39 is 11.8 Å². The van der Waals surface area contributed by atoms with Crippen LogP contribution in [0.4, 0.5) is 10.1 Å². The van der Waals surface area contributed by atoms with Crippen LogP contribution in [0.15, 0.2) is 46.9 Å². The lowest BCUT2D eigenvalue weighted by molar-refractivity contribution is 0.0602. The van der Waals surface area contributed by atoms with Crippen molar-refractivity contribution in [3.05, 3.63) is 63.9 Å². The maximum atomic E-state index is 13.3. The van der Waals surface area contributed by atoms with E-state index in [9.17, 15) is 9.18 Å². The molecular formula is C15H13BrFNO2.